The number of likely N-dealkylation sites (N-methyl/N-ethyl adjacent to an activating group) is 1. The summed E-state index contributed by atoms with van der Waals surface area (Å²) in [5.41, 5.74) is 1.75. The molecule has 1 aromatic carbocycles. The minimum atomic E-state index is -0.404. The van der Waals surface area contributed by atoms with Crippen molar-refractivity contribution in [3.05, 3.63) is 35.4 Å². The van der Waals surface area contributed by atoms with E-state index < -0.39 is 6.09 Å². The van der Waals surface area contributed by atoms with E-state index in [1.165, 1.54) is 10.5 Å². The Morgan fingerprint density at radius 3 is 2.29 bits per heavy atom. The van der Waals surface area contributed by atoms with Gasteiger partial charge in [-0.1, -0.05) is 38.8 Å². The summed E-state index contributed by atoms with van der Waals surface area (Å²) in [5, 5.41) is 0. The predicted octanol–water partition coefficient (Wildman–Crippen LogP) is 4.05. The average molecular weight is 335 g/mol. The van der Waals surface area contributed by atoms with E-state index in [1.54, 1.807) is 26.1 Å². The summed E-state index contributed by atoms with van der Waals surface area (Å²) in [7, 11) is 1.65. The minimum absolute atomic E-state index is 0.325. The van der Waals surface area contributed by atoms with Gasteiger partial charge in [-0.15, -0.1) is 0 Å². The highest BCUT2D eigenvalue weighted by molar-refractivity contribution is 5.89. The molecule has 0 aliphatic rings. The Balaban J connectivity index is 2.66. The third-order valence-corrected chi connectivity index (χ3v) is 3.67. The van der Waals surface area contributed by atoms with E-state index in [-0.39, 0.29) is 12.1 Å². The minimum Gasteiger partial charge on any atom is -0.457 e. The molecule has 0 aliphatic carbocycles. The third-order valence-electron chi connectivity index (χ3n) is 3.67. The van der Waals surface area contributed by atoms with Gasteiger partial charge in [0.2, 0.25) is 0 Å². The molecule has 0 aromatic heterocycles. The number of hydrogen-bond donors (Lipinski definition) is 0. The maximum Gasteiger partial charge on any atom is 0.409 e. The van der Waals surface area contributed by atoms with Gasteiger partial charge in [-0.25, -0.2) is 9.59 Å². The lowest BCUT2D eigenvalue weighted by molar-refractivity contribution is 0.0186. The van der Waals surface area contributed by atoms with Crippen molar-refractivity contribution in [1.82, 2.24) is 4.90 Å². The van der Waals surface area contributed by atoms with Crippen LogP contribution < -0.4 is 0 Å². The summed E-state index contributed by atoms with van der Waals surface area (Å²) in [6.45, 7) is 6.55. The maximum atomic E-state index is 12.3. The van der Waals surface area contributed by atoms with E-state index in [0.29, 0.717) is 25.1 Å². The highest BCUT2D eigenvalue weighted by Gasteiger charge is 2.20. The summed E-state index contributed by atoms with van der Waals surface area (Å²) < 4.78 is 10.5. The van der Waals surface area contributed by atoms with Crippen molar-refractivity contribution in [2.24, 2.45) is 0 Å². The lowest BCUT2D eigenvalue weighted by Gasteiger charge is -2.23. The molecule has 0 saturated heterocycles. The van der Waals surface area contributed by atoms with Crippen molar-refractivity contribution in [1.29, 1.82) is 0 Å². The van der Waals surface area contributed by atoms with Crippen LogP contribution in [0.15, 0.2) is 24.3 Å². The zero-order valence-corrected chi connectivity index (χ0v) is 15.2. The van der Waals surface area contributed by atoms with Gasteiger partial charge in [-0.3, -0.25) is 0 Å². The fraction of sp³-hybridized carbons (Fsp3) is 0.579. The predicted molar refractivity (Wildman–Crippen MR) is 94.2 cm³/mol. The molecule has 1 unspecified atom stereocenters. The molecule has 1 rings (SSSR count). The van der Waals surface area contributed by atoms with E-state index in [9.17, 15) is 9.59 Å². The number of amides is 1. The number of nitrogens with zero attached hydrogens (tertiary/aromatic N) is 1. The van der Waals surface area contributed by atoms with Gasteiger partial charge in [-0.2, -0.15) is 0 Å². The lowest BCUT2D eigenvalue weighted by atomic mass is 10.1. The first-order chi connectivity index (χ1) is 11.5. The molecule has 0 radical (unpaired) electrons. The quantitative estimate of drug-likeness (QED) is 0.639. The van der Waals surface area contributed by atoms with Gasteiger partial charge < -0.3 is 14.4 Å². The second-order valence-electron chi connectivity index (χ2n) is 5.84. The highest BCUT2D eigenvalue weighted by atomic mass is 16.6. The van der Waals surface area contributed by atoms with Crippen LogP contribution in [0.1, 0.15) is 56.0 Å². The molecule has 0 bridgehead atoms. The van der Waals surface area contributed by atoms with Crippen LogP contribution in [-0.4, -0.2) is 43.3 Å². The first-order valence-corrected chi connectivity index (χ1v) is 8.69. The molecule has 0 heterocycles. The van der Waals surface area contributed by atoms with Crippen molar-refractivity contribution < 1.29 is 19.1 Å². The van der Waals surface area contributed by atoms with Gasteiger partial charge in [0.05, 0.1) is 18.7 Å². The Morgan fingerprint density at radius 2 is 1.75 bits per heavy atom. The molecule has 1 amide bonds. The summed E-state index contributed by atoms with van der Waals surface area (Å²) in [6.07, 6.45) is 2.89. The summed E-state index contributed by atoms with van der Waals surface area (Å²) in [6, 6.07) is 7.51. The Morgan fingerprint density at radius 1 is 1.08 bits per heavy atom. The average Bonchev–Trinajstić information content (AvgIpc) is 2.56. The maximum absolute atomic E-state index is 12.3. The molecular weight excluding hydrogens is 306 g/mol. The number of esters is 1. The highest BCUT2D eigenvalue weighted by Crippen LogP contribution is 2.12. The number of carbonyl (C=O) groups is 2. The van der Waals surface area contributed by atoms with Crippen LogP contribution >= 0.6 is 0 Å². The number of rotatable bonds is 9. The van der Waals surface area contributed by atoms with Crippen LogP contribution in [0.5, 0.6) is 0 Å². The number of hydrogen-bond acceptors (Lipinski definition) is 4. The van der Waals surface area contributed by atoms with Gasteiger partial charge >= 0.3 is 12.1 Å². The standard InChI is InChI=1S/C19H29NO4/c1-5-8-15-10-12-16(13-11-15)18(21)24-17(9-6-2)14-20(4)19(22)23-7-3/h10-13,17H,5-9,14H2,1-4H3. The Hall–Kier alpha value is -2.04. The SMILES string of the molecule is CCCc1ccc(C(=O)OC(CCC)CN(C)C(=O)OCC)cc1. The topological polar surface area (TPSA) is 55.8 Å². The number of carbonyl (C=O) groups excluding carboxylic acids is 2. The van der Waals surface area contributed by atoms with Gasteiger partial charge in [0.15, 0.2) is 0 Å². The van der Waals surface area contributed by atoms with Crippen LogP contribution in [0.4, 0.5) is 4.79 Å². The van der Waals surface area contributed by atoms with Gasteiger partial charge in [0, 0.05) is 7.05 Å². The molecule has 1 atom stereocenters. The van der Waals surface area contributed by atoms with Crippen molar-refractivity contribution in [3.63, 3.8) is 0 Å². The largest absolute Gasteiger partial charge is 0.457 e. The summed E-state index contributed by atoms with van der Waals surface area (Å²) >= 11 is 0. The van der Waals surface area contributed by atoms with Crippen molar-refractivity contribution in [2.75, 3.05) is 20.2 Å². The van der Waals surface area contributed by atoms with Crippen LogP contribution in [0.2, 0.25) is 0 Å². The van der Waals surface area contributed by atoms with Crippen molar-refractivity contribution >= 4 is 12.1 Å². The molecular formula is C19H29NO4. The summed E-state index contributed by atoms with van der Waals surface area (Å²) in [4.78, 5) is 25.5. The molecule has 134 valence electrons. The number of ether oxygens (including phenoxy) is 2. The monoisotopic (exact) mass is 335 g/mol. The van der Waals surface area contributed by atoms with Gasteiger partial charge in [-0.05, 0) is 37.5 Å². The smallest absolute Gasteiger partial charge is 0.409 e. The molecule has 1 aromatic rings. The third kappa shape index (κ3) is 6.60. The van der Waals surface area contributed by atoms with E-state index in [2.05, 4.69) is 6.92 Å². The Kier molecular flexibility index (Phi) is 8.90. The van der Waals surface area contributed by atoms with E-state index >= 15 is 0 Å². The zero-order valence-electron chi connectivity index (χ0n) is 15.2. The number of benzene rings is 1. The molecule has 0 N–H and O–H groups in total. The van der Waals surface area contributed by atoms with Crippen LogP contribution in [0.3, 0.4) is 0 Å². The Labute approximate surface area is 144 Å². The van der Waals surface area contributed by atoms with E-state index in [0.717, 1.165) is 19.3 Å². The number of aryl methyl sites for hydroxylation is 1. The van der Waals surface area contributed by atoms with Crippen LogP contribution in [0.25, 0.3) is 0 Å². The molecule has 0 saturated carbocycles. The second kappa shape index (κ2) is 10.7. The molecule has 24 heavy (non-hydrogen) atoms. The molecule has 0 spiro atoms. The van der Waals surface area contributed by atoms with Crippen LogP contribution in [0, 0.1) is 0 Å². The van der Waals surface area contributed by atoms with E-state index in [1.807, 2.05) is 19.1 Å². The van der Waals surface area contributed by atoms with Gasteiger partial charge in [0.1, 0.15) is 6.10 Å². The second-order valence-corrected chi connectivity index (χ2v) is 5.84. The summed E-state index contributed by atoms with van der Waals surface area (Å²) in [5.74, 6) is -0.353. The normalized spacial score (nSPS) is 11.7. The Bertz CT molecular complexity index is 513. The first-order valence-electron chi connectivity index (χ1n) is 8.69. The molecule has 0 fully saturated rings. The molecule has 5 nitrogen and oxygen atoms in total. The van der Waals surface area contributed by atoms with Crippen molar-refractivity contribution in [3.8, 4) is 0 Å². The molecule has 0 aliphatic heterocycles. The van der Waals surface area contributed by atoms with Gasteiger partial charge in [0.25, 0.3) is 0 Å². The first kappa shape index (κ1) is 20.0. The van der Waals surface area contributed by atoms with E-state index in [4.69, 9.17) is 9.47 Å². The lowest BCUT2D eigenvalue weighted by Crippen LogP contribution is -2.37. The van der Waals surface area contributed by atoms with Crippen molar-refractivity contribution in [2.45, 2.75) is 52.6 Å². The zero-order chi connectivity index (χ0) is 17.9. The fourth-order valence-corrected chi connectivity index (χ4v) is 2.44. The van der Waals surface area contributed by atoms with Crippen LogP contribution in [-0.2, 0) is 15.9 Å². The molecule has 5 heteroatoms. The fourth-order valence-electron chi connectivity index (χ4n) is 2.44.